The van der Waals surface area contributed by atoms with Crippen LogP contribution in [-0.4, -0.2) is 82.2 Å². The van der Waals surface area contributed by atoms with E-state index in [1.165, 1.54) is 6.08 Å². The van der Waals surface area contributed by atoms with Crippen LogP contribution in [0.5, 0.6) is 0 Å². The number of aliphatic hydroxyl groups excluding tert-OH is 3. The van der Waals surface area contributed by atoms with Crippen LogP contribution in [0.1, 0.15) is 86.0 Å². The molecule has 0 aromatic rings. The van der Waals surface area contributed by atoms with Crippen LogP contribution in [-0.2, 0) is 4.79 Å². The van der Waals surface area contributed by atoms with Gasteiger partial charge in [0.05, 0.1) is 40.7 Å². The highest BCUT2D eigenvalue weighted by atomic mass is 16.3. The second-order valence-electron chi connectivity index (χ2n) is 13.3. The van der Waals surface area contributed by atoms with Crippen molar-refractivity contribution in [2.75, 3.05) is 0 Å². The minimum atomic E-state index is -1.57. The monoisotopic (exact) mass is 496 g/mol. The minimum absolute atomic E-state index is 0.0437. The average molecular weight is 497 g/mol. The fourth-order valence-electron chi connectivity index (χ4n) is 8.27. The van der Waals surface area contributed by atoms with Gasteiger partial charge in [0.25, 0.3) is 0 Å². The fraction of sp³-hybridized carbons (Fsp3) is 0.889. The number of aliphatic hydroxyl groups is 7. The molecule has 3 fully saturated rings. The smallest absolute Gasteiger partial charge is 0.159 e. The van der Waals surface area contributed by atoms with Gasteiger partial charge in [-0.2, -0.15) is 0 Å². The van der Waals surface area contributed by atoms with E-state index in [0.29, 0.717) is 19.3 Å². The SMILES string of the molecule is CC(C)(O)CC[C@@H](O)[C@](C)(O)C1CC[C@@]2(O)C3=CC(=O)[C@@H]4C[C@@H](O)[C@@H](O)C[C@]4(C)[C@@]3(O)CC[C@]12C. The Morgan fingerprint density at radius 2 is 1.60 bits per heavy atom. The Hall–Kier alpha value is -0.870. The summed E-state index contributed by atoms with van der Waals surface area (Å²) in [5.74, 6) is -1.44. The lowest BCUT2D eigenvalue weighted by Crippen LogP contribution is -2.70. The van der Waals surface area contributed by atoms with E-state index in [0.717, 1.165) is 0 Å². The van der Waals surface area contributed by atoms with Gasteiger partial charge in [-0.15, -0.1) is 0 Å². The van der Waals surface area contributed by atoms with Crippen molar-refractivity contribution in [1.29, 1.82) is 0 Å². The Morgan fingerprint density at radius 1 is 1.00 bits per heavy atom. The molecule has 0 spiro atoms. The van der Waals surface area contributed by atoms with E-state index in [4.69, 9.17) is 0 Å². The van der Waals surface area contributed by atoms with Crippen molar-refractivity contribution in [3.8, 4) is 0 Å². The second kappa shape index (κ2) is 8.06. The summed E-state index contributed by atoms with van der Waals surface area (Å²) in [6.45, 7) is 8.50. The van der Waals surface area contributed by atoms with E-state index >= 15 is 0 Å². The molecule has 4 aliphatic rings. The molecule has 0 heterocycles. The molecule has 35 heavy (non-hydrogen) atoms. The summed E-state index contributed by atoms with van der Waals surface area (Å²) >= 11 is 0. The molecule has 0 aliphatic heterocycles. The summed E-state index contributed by atoms with van der Waals surface area (Å²) in [4.78, 5) is 13.3. The summed E-state index contributed by atoms with van der Waals surface area (Å²) in [6, 6.07) is 0. The summed E-state index contributed by atoms with van der Waals surface area (Å²) in [7, 11) is 0. The molecular formula is C27H44O8. The summed E-state index contributed by atoms with van der Waals surface area (Å²) in [6.07, 6.45) is -0.101. The minimum Gasteiger partial charge on any atom is -0.390 e. The third-order valence-electron chi connectivity index (χ3n) is 10.7. The van der Waals surface area contributed by atoms with Crippen LogP contribution in [0.3, 0.4) is 0 Å². The van der Waals surface area contributed by atoms with Crippen molar-refractivity contribution in [2.24, 2.45) is 22.7 Å². The van der Waals surface area contributed by atoms with Gasteiger partial charge >= 0.3 is 0 Å². The highest BCUT2D eigenvalue weighted by Gasteiger charge is 2.73. The second-order valence-corrected chi connectivity index (χ2v) is 13.3. The third kappa shape index (κ3) is 3.70. The number of ketones is 1. The molecule has 0 aromatic carbocycles. The number of carbonyl (C=O) groups excluding carboxylic acids is 1. The van der Waals surface area contributed by atoms with Gasteiger partial charge in [-0.05, 0) is 89.7 Å². The van der Waals surface area contributed by atoms with E-state index < -0.39 is 63.4 Å². The zero-order chi connectivity index (χ0) is 26.4. The zero-order valence-electron chi connectivity index (χ0n) is 21.7. The van der Waals surface area contributed by atoms with Crippen LogP contribution >= 0.6 is 0 Å². The fourth-order valence-corrected chi connectivity index (χ4v) is 8.27. The highest BCUT2D eigenvalue weighted by Crippen LogP contribution is 2.69. The highest BCUT2D eigenvalue weighted by molar-refractivity contribution is 5.95. The Morgan fingerprint density at radius 3 is 2.20 bits per heavy atom. The van der Waals surface area contributed by atoms with Gasteiger partial charge in [0.2, 0.25) is 0 Å². The third-order valence-corrected chi connectivity index (χ3v) is 10.7. The maximum absolute atomic E-state index is 13.3. The first-order valence-electron chi connectivity index (χ1n) is 13.0. The van der Waals surface area contributed by atoms with E-state index in [2.05, 4.69) is 0 Å². The first-order valence-corrected chi connectivity index (χ1v) is 13.0. The van der Waals surface area contributed by atoms with Crippen molar-refractivity contribution >= 4 is 5.78 Å². The van der Waals surface area contributed by atoms with Crippen molar-refractivity contribution in [3.05, 3.63) is 11.6 Å². The molecule has 8 heteroatoms. The number of hydrogen-bond acceptors (Lipinski definition) is 8. The van der Waals surface area contributed by atoms with Gasteiger partial charge in [-0.1, -0.05) is 13.8 Å². The molecule has 0 aromatic heterocycles. The standard InChI is InChI=1S/C27H44O8/c1-22(2,32)8-7-21(31)25(5,33)19-6-9-26(34)20-13-16(28)15-12-17(29)18(30)14-24(15,4)27(20,35)11-10-23(19,26)3/h13,15,17-19,21,29-35H,6-12,14H2,1-5H3/t15-,17+,18-,19?,21+,23+,24-,25+,26+,27+/m0/s1. The number of allylic oxidation sites excluding steroid dienone is 1. The molecule has 0 saturated heterocycles. The van der Waals surface area contributed by atoms with Crippen molar-refractivity contribution in [3.63, 3.8) is 0 Å². The lowest BCUT2D eigenvalue weighted by molar-refractivity contribution is -0.216. The van der Waals surface area contributed by atoms with Crippen molar-refractivity contribution in [1.82, 2.24) is 0 Å². The molecule has 0 amide bonds. The van der Waals surface area contributed by atoms with Crippen LogP contribution in [0.25, 0.3) is 0 Å². The van der Waals surface area contributed by atoms with E-state index in [9.17, 15) is 40.5 Å². The van der Waals surface area contributed by atoms with E-state index in [-0.39, 0.29) is 43.5 Å². The molecule has 3 saturated carbocycles. The Kier molecular flexibility index (Phi) is 6.26. The van der Waals surface area contributed by atoms with Crippen LogP contribution in [0.2, 0.25) is 0 Å². The van der Waals surface area contributed by atoms with Gasteiger partial charge in [0.1, 0.15) is 0 Å². The number of hydrogen-bond donors (Lipinski definition) is 7. The van der Waals surface area contributed by atoms with Crippen LogP contribution in [0.15, 0.2) is 11.6 Å². The molecule has 4 aliphatic carbocycles. The maximum atomic E-state index is 13.3. The largest absolute Gasteiger partial charge is 0.390 e. The van der Waals surface area contributed by atoms with Crippen LogP contribution < -0.4 is 0 Å². The molecule has 200 valence electrons. The van der Waals surface area contributed by atoms with Gasteiger partial charge in [0.15, 0.2) is 5.78 Å². The first kappa shape index (κ1) is 27.2. The summed E-state index contributed by atoms with van der Waals surface area (Å²) < 4.78 is 0. The molecule has 8 nitrogen and oxygen atoms in total. The van der Waals surface area contributed by atoms with Gasteiger partial charge in [0, 0.05) is 16.7 Å². The predicted molar refractivity (Wildman–Crippen MR) is 128 cm³/mol. The number of fused-ring (bicyclic) bond motifs is 5. The Labute approximate surface area is 207 Å². The maximum Gasteiger partial charge on any atom is 0.159 e. The van der Waals surface area contributed by atoms with E-state index in [1.54, 1.807) is 27.7 Å². The molecule has 0 bridgehead atoms. The summed E-state index contributed by atoms with van der Waals surface area (Å²) in [5.41, 5.74) is -7.38. The van der Waals surface area contributed by atoms with Crippen LogP contribution in [0.4, 0.5) is 0 Å². The predicted octanol–water partition coefficient (Wildman–Crippen LogP) is 0.969. The van der Waals surface area contributed by atoms with E-state index in [1.807, 2.05) is 6.92 Å². The van der Waals surface area contributed by atoms with Crippen molar-refractivity contribution < 1.29 is 40.5 Å². The molecule has 10 atom stereocenters. The lowest BCUT2D eigenvalue weighted by Gasteiger charge is -2.64. The quantitative estimate of drug-likeness (QED) is 0.297. The molecule has 0 radical (unpaired) electrons. The zero-order valence-corrected chi connectivity index (χ0v) is 21.7. The number of carbonyl (C=O) groups is 1. The lowest BCUT2D eigenvalue weighted by atomic mass is 9.43. The molecule has 7 N–H and O–H groups in total. The molecular weight excluding hydrogens is 452 g/mol. The summed E-state index contributed by atoms with van der Waals surface area (Å²) in [5, 5.41) is 77.6. The molecule has 1 unspecified atom stereocenters. The number of rotatable bonds is 5. The normalized spacial score (nSPS) is 48.3. The van der Waals surface area contributed by atoms with Crippen molar-refractivity contribution in [2.45, 2.75) is 127 Å². The Bertz CT molecular complexity index is 907. The Balaban J connectivity index is 1.71. The average Bonchev–Trinajstić information content (AvgIpc) is 3.02. The molecule has 4 rings (SSSR count). The first-order chi connectivity index (χ1) is 15.8. The van der Waals surface area contributed by atoms with Gasteiger partial charge < -0.3 is 35.7 Å². The topological polar surface area (TPSA) is 159 Å². The van der Waals surface area contributed by atoms with Gasteiger partial charge in [-0.25, -0.2) is 0 Å². The van der Waals surface area contributed by atoms with Gasteiger partial charge in [-0.3, -0.25) is 4.79 Å². The van der Waals surface area contributed by atoms with Crippen LogP contribution in [0, 0.1) is 22.7 Å².